The van der Waals surface area contributed by atoms with Crippen LogP contribution < -0.4 is 0 Å². The Kier molecular flexibility index (Phi) is 11.4. The van der Waals surface area contributed by atoms with Crippen LogP contribution in [-0.4, -0.2) is 93.7 Å². The molecule has 0 saturated carbocycles. The van der Waals surface area contributed by atoms with Gasteiger partial charge in [0.05, 0.1) is 19.8 Å². The molecule has 4 heterocycles. The van der Waals surface area contributed by atoms with Crippen molar-refractivity contribution in [3.63, 3.8) is 0 Å². The number of rotatable bonds is 4. The highest BCUT2D eigenvalue weighted by molar-refractivity contribution is 7.09. The Bertz CT molecular complexity index is 986. The molecule has 16 heteroatoms. The lowest BCUT2D eigenvalue weighted by Gasteiger charge is -2.32. The Morgan fingerprint density at radius 1 is 1.00 bits per heavy atom. The van der Waals surface area contributed by atoms with Gasteiger partial charge in [-0.3, -0.25) is 14.8 Å². The van der Waals surface area contributed by atoms with Gasteiger partial charge < -0.3 is 14.9 Å². The number of ether oxygens (including phenoxy) is 1. The van der Waals surface area contributed by atoms with Crippen LogP contribution >= 0.6 is 11.3 Å². The highest BCUT2D eigenvalue weighted by Crippen LogP contribution is 2.34. The van der Waals surface area contributed by atoms with E-state index in [4.69, 9.17) is 24.5 Å². The van der Waals surface area contributed by atoms with Crippen LogP contribution in [0.2, 0.25) is 0 Å². The van der Waals surface area contributed by atoms with E-state index in [-0.39, 0.29) is 5.41 Å². The lowest BCUT2D eigenvalue weighted by atomic mass is 9.87. The van der Waals surface area contributed by atoms with Crippen LogP contribution in [0.5, 0.6) is 0 Å². The van der Waals surface area contributed by atoms with Gasteiger partial charge in [-0.1, -0.05) is 6.07 Å². The van der Waals surface area contributed by atoms with E-state index in [2.05, 4.69) is 31.2 Å². The number of hydrogen-bond donors (Lipinski definition) is 2. The van der Waals surface area contributed by atoms with Gasteiger partial charge in [-0.15, -0.1) is 11.3 Å². The lowest BCUT2D eigenvalue weighted by molar-refractivity contribution is -0.193. The second kappa shape index (κ2) is 13.8. The summed E-state index contributed by atoms with van der Waals surface area (Å²) in [6.07, 6.45) is -3.25. The number of hydrogen-bond acceptors (Lipinski definition) is 8. The molecule has 2 saturated heterocycles. The number of likely N-dealkylation sites (tertiary alicyclic amines) is 1. The summed E-state index contributed by atoms with van der Waals surface area (Å²) in [5.41, 5.74) is 1.54. The van der Waals surface area contributed by atoms with E-state index in [0.717, 1.165) is 52.5 Å². The predicted octanol–water partition coefficient (Wildman–Crippen LogP) is 3.53. The van der Waals surface area contributed by atoms with Gasteiger partial charge in [-0.05, 0) is 24.6 Å². The minimum atomic E-state index is -5.08. The van der Waals surface area contributed by atoms with Crippen LogP contribution in [0, 0.1) is 5.41 Å². The number of thiazole rings is 1. The molecule has 212 valence electrons. The zero-order valence-electron chi connectivity index (χ0n) is 19.9. The van der Waals surface area contributed by atoms with Crippen molar-refractivity contribution in [2.45, 2.75) is 31.9 Å². The molecule has 38 heavy (non-hydrogen) atoms. The first-order valence-corrected chi connectivity index (χ1v) is 12.0. The number of pyridine rings is 1. The van der Waals surface area contributed by atoms with Gasteiger partial charge in [0, 0.05) is 55.6 Å². The van der Waals surface area contributed by atoms with Crippen LogP contribution in [0.1, 0.15) is 17.0 Å². The first-order chi connectivity index (χ1) is 17.7. The molecule has 1 spiro atoms. The molecule has 2 fully saturated rings. The predicted molar refractivity (Wildman–Crippen MR) is 122 cm³/mol. The van der Waals surface area contributed by atoms with Gasteiger partial charge in [0.1, 0.15) is 5.01 Å². The normalized spacial score (nSPS) is 20.6. The maximum atomic E-state index is 10.6. The van der Waals surface area contributed by atoms with Gasteiger partial charge in [-0.2, -0.15) is 26.3 Å². The van der Waals surface area contributed by atoms with E-state index in [9.17, 15) is 26.3 Å². The van der Waals surface area contributed by atoms with Crippen LogP contribution in [-0.2, 0) is 27.4 Å². The lowest BCUT2D eigenvalue weighted by Crippen LogP contribution is -2.40. The van der Waals surface area contributed by atoms with Crippen LogP contribution in [0.4, 0.5) is 26.3 Å². The van der Waals surface area contributed by atoms with E-state index in [1.165, 1.54) is 17.0 Å². The fourth-order valence-corrected chi connectivity index (χ4v) is 4.56. The molecule has 0 aliphatic carbocycles. The zero-order chi connectivity index (χ0) is 28.4. The van der Waals surface area contributed by atoms with Crippen molar-refractivity contribution < 1.29 is 50.9 Å². The molecule has 2 aliphatic heterocycles. The molecule has 2 aromatic rings. The minimum Gasteiger partial charge on any atom is -0.475 e. The molecule has 2 aliphatic rings. The minimum absolute atomic E-state index is 0.260. The van der Waals surface area contributed by atoms with Crippen molar-refractivity contribution in [3.05, 3.63) is 46.7 Å². The van der Waals surface area contributed by atoms with Crippen molar-refractivity contribution in [2.24, 2.45) is 5.41 Å². The Morgan fingerprint density at radius 2 is 1.61 bits per heavy atom. The Balaban J connectivity index is 0.000000301. The average Bonchev–Trinajstić information content (AvgIpc) is 3.42. The molecular weight excluding hydrogens is 546 g/mol. The van der Waals surface area contributed by atoms with E-state index in [1.54, 1.807) is 11.3 Å². The van der Waals surface area contributed by atoms with Gasteiger partial charge in [0.2, 0.25) is 0 Å². The SMILES string of the molecule is O=C(O)C(F)(F)F.O=C(O)C(F)(F)F.c1cncc(CN2CCOCC3(CCN(Cc4nccs4)C3)C2)c1. The summed E-state index contributed by atoms with van der Waals surface area (Å²) in [6.45, 7) is 8.01. The van der Waals surface area contributed by atoms with Crippen LogP contribution in [0.3, 0.4) is 0 Å². The summed E-state index contributed by atoms with van der Waals surface area (Å²) in [7, 11) is 0. The highest BCUT2D eigenvalue weighted by atomic mass is 32.1. The van der Waals surface area contributed by atoms with E-state index < -0.39 is 24.3 Å². The summed E-state index contributed by atoms with van der Waals surface area (Å²) in [5, 5.41) is 17.5. The number of nitrogens with zero attached hydrogens (tertiary/aromatic N) is 4. The van der Waals surface area contributed by atoms with Gasteiger partial charge in [-0.25, -0.2) is 14.6 Å². The molecule has 0 radical (unpaired) electrons. The van der Waals surface area contributed by atoms with E-state index in [0.29, 0.717) is 0 Å². The van der Waals surface area contributed by atoms with Gasteiger partial charge in [0.25, 0.3) is 0 Å². The number of alkyl halides is 6. The fraction of sp³-hybridized carbons (Fsp3) is 0.545. The number of halogens is 6. The summed E-state index contributed by atoms with van der Waals surface area (Å²) in [4.78, 5) is 31.5. The molecular formula is C22H26F6N4O5S. The molecule has 0 aromatic carbocycles. The topological polar surface area (TPSA) is 116 Å². The Hall–Kier alpha value is -2.82. The maximum absolute atomic E-state index is 10.6. The molecule has 0 bridgehead atoms. The number of carboxylic acid groups (broad SMARTS) is 2. The summed E-state index contributed by atoms with van der Waals surface area (Å²) in [6, 6.07) is 4.18. The molecule has 1 atom stereocenters. The monoisotopic (exact) mass is 572 g/mol. The second-order valence-corrected chi connectivity index (χ2v) is 9.60. The van der Waals surface area contributed by atoms with E-state index in [1.807, 2.05) is 24.7 Å². The Labute approximate surface area is 217 Å². The molecule has 2 N–H and O–H groups in total. The molecule has 0 amide bonds. The van der Waals surface area contributed by atoms with Crippen molar-refractivity contribution in [1.29, 1.82) is 0 Å². The zero-order valence-corrected chi connectivity index (χ0v) is 20.7. The number of carboxylic acids is 2. The highest BCUT2D eigenvalue weighted by Gasteiger charge is 2.41. The second-order valence-electron chi connectivity index (χ2n) is 8.62. The summed E-state index contributed by atoms with van der Waals surface area (Å²) in [5.74, 6) is -5.51. The molecule has 1 unspecified atom stereocenters. The molecule has 4 rings (SSSR count). The standard InChI is InChI=1S/C18H24N4OS.2C2HF3O2/c1-2-16(10-19-4-1)11-22-7-8-23-15-18(14-22)3-6-21(13-18)12-17-20-5-9-24-17;2*3-2(4,5)1(6)7/h1-2,4-5,9-10H,3,6-8,11-15H2;2*(H,6,7). The number of aliphatic carboxylic acids is 2. The fourth-order valence-electron chi connectivity index (χ4n) is 3.90. The smallest absolute Gasteiger partial charge is 0.475 e. The Morgan fingerprint density at radius 3 is 2.11 bits per heavy atom. The van der Waals surface area contributed by atoms with Crippen molar-refractivity contribution >= 4 is 23.3 Å². The van der Waals surface area contributed by atoms with Crippen LogP contribution in [0.25, 0.3) is 0 Å². The summed E-state index contributed by atoms with van der Waals surface area (Å²) >= 11 is 1.75. The maximum Gasteiger partial charge on any atom is 0.490 e. The number of aromatic nitrogens is 2. The quantitative estimate of drug-likeness (QED) is 0.531. The van der Waals surface area contributed by atoms with Crippen molar-refractivity contribution in [2.75, 3.05) is 39.4 Å². The molecule has 9 nitrogen and oxygen atoms in total. The summed E-state index contributed by atoms with van der Waals surface area (Å²) < 4.78 is 69.5. The van der Waals surface area contributed by atoms with Gasteiger partial charge in [0.15, 0.2) is 0 Å². The largest absolute Gasteiger partial charge is 0.490 e. The van der Waals surface area contributed by atoms with E-state index >= 15 is 0 Å². The first kappa shape index (κ1) is 31.4. The average molecular weight is 573 g/mol. The van der Waals surface area contributed by atoms with Crippen molar-refractivity contribution in [3.8, 4) is 0 Å². The third kappa shape index (κ3) is 10.9. The van der Waals surface area contributed by atoms with Gasteiger partial charge >= 0.3 is 24.3 Å². The third-order valence-corrected chi connectivity index (χ3v) is 6.26. The first-order valence-electron chi connectivity index (χ1n) is 11.1. The van der Waals surface area contributed by atoms with Crippen molar-refractivity contribution in [1.82, 2.24) is 19.8 Å². The number of carbonyl (C=O) groups is 2. The molecule has 2 aromatic heterocycles. The third-order valence-electron chi connectivity index (χ3n) is 5.49. The van der Waals surface area contributed by atoms with Crippen LogP contribution in [0.15, 0.2) is 36.1 Å².